The lowest BCUT2D eigenvalue weighted by Gasteiger charge is -2.20. The van der Waals surface area contributed by atoms with Gasteiger partial charge in [0.1, 0.15) is 4.90 Å². The molecule has 0 aliphatic heterocycles. The van der Waals surface area contributed by atoms with Crippen LogP contribution in [0.1, 0.15) is 37.0 Å². The van der Waals surface area contributed by atoms with Gasteiger partial charge >= 0.3 is 5.97 Å². The number of hydrogen-bond donors (Lipinski definition) is 3. The first-order valence-electron chi connectivity index (χ1n) is 6.80. The van der Waals surface area contributed by atoms with E-state index in [0.717, 1.165) is 18.9 Å². The number of nitrogens with one attached hydrogen (secondary N) is 1. The largest absolute Gasteiger partial charge is 0.478 e. The number of benzene rings is 1. The lowest BCUT2D eigenvalue weighted by atomic mass is 9.93. The molecule has 1 aliphatic rings. The molecule has 0 saturated heterocycles. The Morgan fingerprint density at radius 2 is 2.05 bits per heavy atom. The Morgan fingerprint density at radius 1 is 1.43 bits per heavy atom. The third-order valence-corrected chi connectivity index (χ3v) is 5.75. The zero-order chi connectivity index (χ0) is 15.8. The minimum Gasteiger partial charge on any atom is -0.478 e. The number of carbonyl (C=O) groups is 1. The second-order valence-electron chi connectivity index (χ2n) is 5.90. The Bertz CT molecular complexity index is 664. The second-order valence-corrected chi connectivity index (χ2v) is 7.63. The van der Waals surface area contributed by atoms with Gasteiger partial charge in [-0.3, -0.25) is 0 Å². The van der Waals surface area contributed by atoms with Crippen LogP contribution in [0.2, 0.25) is 0 Å². The number of hydrogen-bond acceptors (Lipinski definition) is 4. The maximum Gasteiger partial charge on any atom is 0.335 e. The summed E-state index contributed by atoms with van der Waals surface area (Å²) in [6.07, 6.45) is 2.03. The van der Waals surface area contributed by atoms with E-state index < -0.39 is 16.0 Å². The molecular weight excluding hydrogens is 292 g/mol. The highest BCUT2D eigenvalue weighted by Gasteiger charge is 2.45. The number of nitrogen functional groups attached to an aromatic ring is 1. The minimum absolute atomic E-state index is 0.0349. The fraction of sp³-hybridized carbons (Fsp3) is 0.500. The third-order valence-electron chi connectivity index (χ3n) is 4.28. The molecule has 0 heterocycles. The van der Waals surface area contributed by atoms with Gasteiger partial charge in [-0.15, -0.1) is 0 Å². The van der Waals surface area contributed by atoms with E-state index in [-0.39, 0.29) is 21.6 Å². The molecule has 1 fully saturated rings. The Labute approximate surface area is 124 Å². The van der Waals surface area contributed by atoms with Crippen molar-refractivity contribution in [3.63, 3.8) is 0 Å². The lowest BCUT2D eigenvalue weighted by Crippen LogP contribution is -2.33. The Balaban J connectivity index is 2.18. The van der Waals surface area contributed by atoms with Crippen molar-refractivity contribution >= 4 is 21.7 Å². The molecule has 0 unspecified atom stereocenters. The van der Waals surface area contributed by atoms with Crippen LogP contribution in [0.25, 0.3) is 0 Å². The minimum atomic E-state index is -3.73. The van der Waals surface area contributed by atoms with Crippen molar-refractivity contribution in [1.82, 2.24) is 4.72 Å². The maximum atomic E-state index is 12.3. The van der Waals surface area contributed by atoms with Crippen molar-refractivity contribution in [2.24, 2.45) is 11.3 Å². The number of nitrogens with two attached hydrogens (primary N) is 1. The molecule has 21 heavy (non-hydrogen) atoms. The van der Waals surface area contributed by atoms with Crippen LogP contribution in [0, 0.1) is 11.3 Å². The van der Waals surface area contributed by atoms with Crippen molar-refractivity contribution in [1.29, 1.82) is 0 Å². The van der Waals surface area contributed by atoms with E-state index in [1.54, 1.807) is 0 Å². The van der Waals surface area contributed by atoms with Gasteiger partial charge in [-0.1, -0.05) is 13.8 Å². The molecule has 116 valence electrons. The van der Waals surface area contributed by atoms with Crippen molar-refractivity contribution in [3.05, 3.63) is 23.8 Å². The van der Waals surface area contributed by atoms with Gasteiger partial charge in [0.2, 0.25) is 10.0 Å². The van der Waals surface area contributed by atoms with Gasteiger partial charge in [0.25, 0.3) is 0 Å². The molecule has 0 atom stereocenters. The first-order valence-corrected chi connectivity index (χ1v) is 8.29. The molecular formula is C14H20N2O4S. The summed E-state index contributed by atoms with van der Waals surface area (Å²) in [6, 6.07) is 3.63. The van der Waals surface area contributed by atoms with Crippen LogP contribution in [0.15, 0.2) is 23.1 Å². The van der Waals surface area contributed by atoms with Crippen LogP contribution in [-0.2, 0) is 10.0 Å². The molecule has 0 amide bonds. The van der Waals surface area contributed by atoms with Gasteiger partial charge in [0, 0.05) is 6.54 Å². The summed E-state index contributed by atoms with van der Waals surface area (Å²) in [6.45, 7) is 4.54. The molecule has 4 N–H and O–H groups in total. The van der Waals surface area contributed by atoms with Gasteiger partial charge in [0.05, 0.1) is 11.3 Å². The normalized spacial score (nSPS) is 16.9. The van der Waals surface area contributed by atoms with Crippen molar-refractivity contribution < 1.29 is 18.3 Å². The van der Waals surface area contributed by atoms with Gasteiger partial charge < -0.3 is 10.8 Å². The molecule has 0 bridgehead atoms. The van der Waals surface area contributed by atoms with E-state index in [1.165, 1.54) is 12.1 Å². The van der Waals surface area contributed by atoms with Gasteiger partial charge in [-0.25, -0.2) is 17.9 Å². The fourth-order valence-corrected chi connectivity index (χ4v) is 3.61. The highest BCUT2D eigenvalue weighted by atomic mass is 32.2. The Kier molecular flexibility index (Phi) is 3.99. The summed E-state index contributed by atoms with van der Waals surface area (Å²) in [7, 11) is -3.73. The zero-order valence-corrected chi connectivity index (χ0v) is 12.9. The summed E-state index contributed by atoms with van der Waals surface area (Å²) in [5, 5.41) is 8.86. The number of carboxylic acids is 1. The SMILES string of the molecule is CC(C)C1(CNS(=O)(=O)c2ccc(C(=O)O)cc2N)CC1. The highest BCUT2D eigenvalue weighted by Crippen LogP contribution is 2.51. The summed E-state index contributed by atoms with van der Waals surface area (Å²) >= 11 is 0. The van der Waals surface area contributed by atoms with Crippen LogP contribution >= 0.6 is 0 Å². The van der Waals surface area contributed by atoms with Crippen LogP contribution < -0.4 is 10.5 Å². The number of carboxylic acid groups (broad SMARTS) is 1. The summed E-state index contributed by atoms with van der Waals surface area (Å²) < 4.78 is 27.2. The Morgan fingerprint density at radius 3 is 2.48 bits per heavy atom. The number of anilines is 1. The van der Waals surface area contributed by atoms with Crippen LogP contribution in [0.4, 0.5) is 5.69 Å². The van der Waals surface area contributed by atoms with Gasteiger partial charge in [0.15, 0.2) is 0 Å². The molecule has 1 saturated carbocycles. The number of aromatic carboxylic acids is 1. The predicted octanol–water partition coefficient (Wildman–Crippen LogP) is 1.68. The van der Waals surface area contributed by atoms with E-state index in [1.807, 2.05) is 0 Å². The van der Waals surface area contributed by atoms with Crippen LogP contribution in [-0.4, -0.2) is 26.0 Å². The van der Waals surface area contributed by atoms with E-state index in [9.17, 15) is 13.2 Å². The molecule has 0 radical (unpaired) electrons. The molecule has 1 aliphatic carbocycles. The van der Waals surface area contributed by atoms with E-state index >= 15 is 0 Å². The van der Waals surface area contributed by atoms with Crippen molar-refractivity contribution in [2.45, 2.75) is 31.6 Å². The first-order chi connectivity index (χ1) is 9.68. The zero-order valence-electron chi connectivity index (χ0n) is 12.1. The number of rotatable bonds is 6. The Hall–Kier alpha value is -1.60. The maximum absolute atomic E-state index is 12.3. The molecule has 1 aromatic rings. The van der Waals surface area contributed by atoms with E-state index in [0.29, 0.717) is 12.5 Å². The molecule has 0 spiro atoms. The average Bonchev–Trinajstić information content (AvgIpc) is 3.17. The molecule has 2 rings (SSSR count). The summed E-state index contributed by atoms with van der Waals surface area (Å²) in [5.41, 5.74) is 5.63. The van der Waals surface area contributed by atoms with Crippen LogP contribution in [0.5, 0.6) is 0 Å². The molecule has 6 nitrogen and oxygen atoms in total. The average molecular weight is 312 g/mol. The smallest absolute Gasteiger partial charge is 0.335 e. The van der Waals surface area contributed by atoms with Crippen molar-refractivity contribution in [3.8, 4) is 0 Å². The number of sulfonamides is 1. The predicted molar refractivity (Wildman–Crippen MR) is 79.5 cm³/mol. The highest BCUT2D eigenvalue weighted by molar-refractivity contribution is 7.89. The first kappa shape index (κ1) is 15.8. The fourth-order valence-electron chi connectivity index (χ4n) is 2.36. The quantitative estimate of drug-likeness (QED) is 0.692. The molecule has 1 aromatic carbocycles. The lowest BCUT2D eigenvalue weighted by molar-refractivity contribution is 0.0697. The molecule has 0 aromatic heterocycles. The van der Waals surface area contributed by atoms with E-state index in [2.05, 4.69) is 18.6 Å². The third kappa shape index (κ3) is 3.19. The van der Waals surface area contributed by atoms with Crippen LogP contribution in [0.3, 0.4) is 0 Å². The van der Waals surface area contributed by atoms with E-state index in [4.69, 9.17) is 10.8 Å². The van der Waals surface area contributed by atoms with Crippen molar-refractivity contribution in [2.75, 3.05) is 12.3 Å². The van der Waals surface area contributed by atoms with Gasteiger partial charge in [-0.2, -0.15) is 0 Å². The summed E-state index contributed by atoms with van der Waals surface area (Å²) in [4.78, 5) is 10.8. The monoisotopic (exact) mass is 312 g/mol. The summed E-state index contributed by atoms with van der Waals surface area (Å²) in [5.74, 6) is -0.734. The second kappa shape index (κ2) is 5.31. The van der Waals surface area contributed by atoms with Gasteiger partial charge in [-0.05, 0) is 42.4 Å². The molecule has 7 heteroatoms. The standard InChI is InChI=1S/C14H20N2O4S/c1-9(2)14(5-6-14)8-16-21(19,20)12-4-3-10(13(17)18)7-11(12)15/h3-4,7,9,16H,5-6,8,15H2,1-2H3,(H,17,18). The topological polar surface area (TPSA) is 109 Å².